The third-order valence-electron chi connectivity index (χ3n) is 5.30. The molecule has 0 fully saturated rings. The van der Waals surface area contributed by atoms with Gasteiger partial charge in [-0.05, 0) is 23.3 Å². The zero-order valence-corrected chi connectivity index (χ0v) is 15.9. The van der Waals surface area contributed by atoms with Gasteiger partial charge >= 0.3 is 5.88 Å². The lowest BCUT2D eigenvalue weighted by Gasteiger charge is -2.43. The summed E-state index contributed by atoms with van der Waals surface area (Å²) in [7, 11) is 0. The van der Waals surface area contributed by atoms with Crippen LogP contribution in [0.5, 0.6) is 0 Å². The minimum atomic E-state index is -0.920. The average Bonchev–Trinajstić information content (AvgIpc) is 3.30. The van der Waals surface area contributed by atoms with Gasteiger partial charge in [-0.1, -0.05) is 78.9 Å². The Balaban J connectivity index is 1.74. The number of benzene rings is 3. The molecule has 5 rings (SSSR count). The molecule has 30 heavy (non-hydrogen) atoms. The summed E-state index contributed by atoms with van der Waals surface area (Å²) in [6.07, 6.45) is -0.714. The molecule has 1 unspecified atom stereocenters. The van der Waals surface area contributed by atoms with E-state index in [1.54, 1.807) is 6.07 Å². The minimum absolute atomic E-state index is 0.320. The highest BCUT2D eigenvalue weighted by Crippen LogP contribution is 2.50. The first-order valence-corrected chi connectivity index (χ1v) is 9.57. The third-order valence-corrected chi connectivity index (χ3v) is 5.30. The predicted octanol–water partition coefficient (Wildman–Crippen LogP) is 5.62. The van der Waals surface area contributed by atoms with Crippen molar-refractivity contribution in [3.05, 3.63) is 130 Å². The molecule has 0 saturated heterocycles. The molecule has 0 spiro atoms. The summed E-state index contributed by atoms with van der Waals surface area (Å²) in [4.78, 5) is 10.6. The van der Waals surface area contributed by atoms with Crippen molar-refractivity contribution in [1.29, 1.82) is 0 Å². The molecule has 0 saturated carbocycles. The second kappa shape index (κ2) is 7.17. The van der Waals surface area contributed by atoms with E-state index in [9.17, 15) is 10.1 Å². The average molecular weight is 398 g/mol. The molecule has 2 heterocycles. The maximum Gasteiger partial charge on any atom is 0.433 e. The first-order chi connectivity index (χ1) is 14.7. The SMILES string of the molecule is O=[N+]([O-])c1ccc(C2Nc3ccccc3C(c3ccccc3)(c3ccccc3)O2)o1. The second-order valence-corrected chi connectivity index (χ2v) is 7.03. The normalized spacial score (nSPS) is 17.0. The molecule has 1 aromatic heterocycles. The van der Waals surface area contributed by atoms with Gasteiger partial charge in [0.1, 0.15) is 10.5 Å². The fourth-order valence-electron chi connectivity index (χ4n) is 4.00. The maximum absolute atomic E-state index is 11.1. The van der Waals surface area contributed by atoms with Crippen LogP contribution in [0.2, 0.25) is 0 Å². The van der Waals surface area contributed by atoms with E-state index in [1.165, 1.54) is 6.07 Å². The monoisotopic (exact) mass is 398 g/mol. The van der Waals surface area contributed by atoms with E-state index in [2.05, 4.69) is 5.32 Å². The Bertz CT molecular complexity index is 1150. The smallest absolute Gasteiger partial charge is 0.401 e. The van der Waals surface area contributed by atoms with Gasteiger partial charge < -0.3 is 14.5 Å². The number of nitrogens with one attached hydrogen (secondary N) is 1. The molecular weight excluding hydrogens is 380 g/mol. The van der Waals surface area contributed by atoms with Crippen LogP contribution in [0.1, 0.15) is 28.7 Å². The molecule has 1 N–H and O–H groups in total. The van der Waals surface area contributed by atoms with Crippen molar-refractivity contribution in [3.63, 3.8) is 0 Å². The molecule has 1 atom stereocenters. The highest BCUT2D eigenvalue weighted by atomic mass is 16.7. The summed E-state index contributed by atoms with van der Waals surface area (Å²) in [5.74, 6) is 0.0201. The zero-order chi connectivity index (χ0) is 20.6. The summed E-state index contributed by atoms with van der Waals surface area (Å²) in [6, 6.07) is 30.8. The van der Waals surface area contributed by atoms with E-state index >= 15 is 0 Å². The Morgan fingerprint density at radius 2 is 1.40 bits per heavy atom. The van der Waals surface area contributed by atoms with E-state index in [1.807, 2.05) is 84.9 Å². The predicted molar refractivity (Wildman–Crippen MR) is 112 cm³/mol. The number of rotatable bonds is 4. The molecule has 0 aliphatic carbocycles. The number of furan rings is 1. The van der Waals surface area contributed by atoms with Crippen molar-refractivity contribution in [1.82, 2.24) is 0 Å². The lowest BCUT2D eigenvalue weighted by Crippen LogP contribution is -2.40. The van der Waals surface area contributed by atoms with Gasteiger partial charge in [-0.25, -0.2) is 0 Å². The minimum Gasteiger partial charge on any atom is -0.401 e. The van der Waals surface area contributed by atoms with Gasteiger partial charge in [-0.2, -0.15) is 0 Å². The van der Waals surface area contributed by atoms with Gasteiger partial charge in [-0.3, -0.25) is 10.1 Å². The van der Waals surface area contributed by atoms with Gasteiger partial charge in [0.15, 0.2) is 12.0 Å². The van der Waals surface area contributed by atoms with Crippen molar-refractivity contribution >= 4 is 11.6 Å². The van der Waals surface area contributed by atoms with Crippen molar-refractivity contribution < 1.29 is 14.1 Å². The van der Waals surface area contributed by atoms with Crippen molar-refractivity contribution in [2.45, 2.75) is 11.8 Å². The largest absolute Gasteiger partial charge is 0.433 e. The summed E-state index contributed by atoms with van der Waals surface area (Å²) < 4.78 is 12.2. The summed E-state index contributed by atoms with van der Waals surface area (Å²) >= 11 is 0. The van der Waals surface area contributed by atoms with Crippen molar-refractivity contribution in [3.8, 4) is 0 Å². The van der Waals surface area contributed by atoms with Crippen LogP contribution in [0.3, 0.4) is 0 Å². The first-order valence-electron chi connectivity index (χ1n) is 9.57. The Morgan fingerprint density at radius 3 is 2.00 bits per heavy atom. The number of para-hydroxylation sites is 1. The van der Waals surface area contributed by atoms with Crippen LogP contribution in [0.25, 0.3) is 0 Å². The van der Waals surface area contributed by atoms with Crippen LogP contribution in [0.15, 0.2) is 101 Å². The van der Waals surface area contributed by atoms with Gasteiger partial charge in [0.05, 0.1) is 6.07 Å². The lowest BCUT2D eigenvalue weighted by molar-refractivity contribution is -0.402. The molecule has 0 radical (unpaired) electrons. The molecule has 0 amide bonds. The number of fused-ring (bicyclic) bond motifs is 1. The van der Waals surface area contributed by atoms with Crippen LogP contribution in [0, 0.1) is 10.1 Å². The first kappa shape index (κ1) is 18.1. The zero-order valence-electron chi connectivity index (χ0n) is 15.9. The van der Waals surface area contributed by atoms with E-state index in [0.717, 1.165) is 22.4 Å². The highest BCUT2D eigenvalue weighted by molar-refractivity contribution is 5.63. The highest BCUT2D eigenvalue weighted by Gasteiger charge is 2.45. The molecule has 1 aliphatic rings. The van der Waals surface area contributed by atoms with Crippen molar-refractivity contribution in [2.24, 2.45) is 0 Å². The number of hydrogen-bond donors (Lipinski definition) is 1. The maximum atomic E-state index is 11.1. The Kier molecular flexibility index (Phi) is 4.34. The molecular formula is C24H18N2O4. The van der Waals surface area contributed by atoms with Gasteiger partial charge in [0.25, 0.3) is 0 Å². The van der Waals surface area contributed by atoms with E-state index in [4.69, 9.17) is 9.15 Å². The Hall–Kier alpha value is -3.90. The lowest BCUT2D eigenvalue weighted by atomic mass is 9.78. The van der Waals surface area contributed by atoms with Crippen LogP contribution < -0.4 is 5.32 Å². The molecule has 3 aromatic carbocycles. The standard InChI is InChI=1S/C24H18N2O4/c27-26(28)22-16-15-21(29-22)23-25-20-14-8-7-13-19(20)24(30-23,17-9-3-1-4-10-17)18-11-5-2-6-12-18/h1-16,23,25H. The van der Waals surface area contributed by atoms with Gasteiger partial charge in [0.2, 0.25) is 0 Å². The van der Waals surface area contributed by atoms with Crippen LogP contribution >= 0.6 is 0 Å². The topological polar surface area (TPSA) is 77.5 Å². The van der Waals surface area contributed by atoms with Crippen LogP contribution in [-0.2, 0) is 10.3 Å². The summed E-state index contributed by atoms with van der Waals surface area (Å²) in [5, 5.41) is 14.4. The van der Waals surface area contributed by atoms with Crippen molar-refractivity contribution in [2.75, 3.05) is 5.32 Å². The van der Waals surface area contributed by atoms with E-state index in [-0.39, 0.29) is 5.88 Å². The quantitative estimate of drug-likeness (QED) is 0.357. The Morgan fingerprint density at radius 1 is 0.800 bits per heavy atom. The molecule has 4 aromatic rings. The molecule has 148 valence electrons. The number of hydrogen-bond acceptors (Lipinski definition) is 5. The van der Waals surface area contributed by atoms with Gasteiger partial charge in [0, 0.05) is 11.3 Å². The van der Waals surface area contributed by atoms with Crippen LogP contribution in [-0.4, -0.2) is 4.92 Å². The number of nitrogens with zero attached hydrogens (tertiary/aromatic N) is 1. The number of nitro groups is 1. The van der Waals surface area contributed by atoms with Crippen LogP contribution in [0.4, 0.5) is 11.6 Å². The number of ether oxygens (including phenoxy) is 1. The van der Waals surface area contributed by atoms with E-state index in [0.29, 0.717) is 5.76 Å². The van der Waals surface area contributed by atoms with Gasteiger partial charge in [-0.15, -0.1) is 0 Å². The molecule has 0 bridgehead atoms. The molecule has 6 nitrogen and oxygen atoms in total. The molecule has 6 heteroatoms. The van der Waals surface area contributed by atoms with E-state index < -0.39 is 16.8 Å². The second-order valence-electron chi connectivity index (χ2n) is 7.03. The summed E-state index contributed by atoms with van der Waals surface area (Å²) in [6.45, 7) is 0. The number of anilines is 1. The Labute approximate surface area is 172 Å². The summed E-state index contributed by atoms with van der Waals surface area (Å²) in [5.41, 5.74) is 2.82. The fourth-order valence-corrected chi connectivity index (χ4v) is 4.00. The third kappa shape index (κ3) is 2.86. The molecule has 1 aliphatic heterocycles. The fraction of sp³-hybridized carbons (Fsp3) is 0.0833.